The lowest BCUT2D eigenvalue weighted by atomic mass is 9.96. The van der Waals surface area contributed by atoms with Crippen LogP contribution in [0.25, 0.3) is 0 Å². The van der Waals surface area contributed by atoms with Gasteiger partial charge in [-0.3, -0.25) is 4.79 Å². The Labute approximate surface area is 120 Å². The van der Waals surface area contributed by atoms with Crippen molar-refractivity contribution in [2.45, 2.75) is 58.0 Å². The summed E-state index contributed by atoms with van der Waals surface area (Å²) in [7, 11) is 0. The summed E-state index contributed by atoms with van der Waals surface area (Å²) in [6.07, 6.45) is 4.51. The Hall–Kier alpha value is -1.43. The molecule has 2 rings (SSSR count). The second-order valence-electron chi connectivity index (χ2n) is 5.83. The first-order valence-corrected chi connectivity index (χ1v) is 7.48. The maximum atomic E-state index is 12.2. The number of hydrogen-bond donors (Lipinski definition) is 1. The molecule has 6 heteroatoms. The van der Waals surface area contributed by atoms with E-state index in [9.17, 15) is 4.79 Å². The summed E-state index contributed by atoms with van der Waals surface area (Å²) in [5, 5.41) is 8.29. The number of nitrogens with zero attached hydrogens (tertiary/aromatic N) is 4. The number of likely N-dealkylation sites (tertiary alicyclic amines) is 1. The first kappa shape index (κ1) is 15.0. The zero-order valence-electron chi connectivity index (χ0n) is 12.6. The third-order valence-electron chi connectivity index (χ3n) is 4.01. The minimum Gasteiger partial charge on any atom is -0.341 e. The van der Waals surface area contributed by atoms with Crippen LogP contribution >= 0.6 is 0 Å². The summed E-state index contributed by atoms with van der Waals surface area (Å²) in [5.41, 5.74) is 5.87. The maximum absolute atomic E-state index is 12.2. The van der Waals surface area contributed by atoms with Gasteiger partial charge in [0.05, 0.1) is 6.04 Å². The molecule has 6 nitrogen and oxygen atoms in total. The number of rotatable bonds is 4. The van der Waals surface area contributed by atoms with Crippen molar-refractivity contribution in [3.05, 3.63) is 12.2 Å². The Morgan fingerprint density at radius 3 is 2.95 bits per heavy atom. The van der Waals surface area contributed by atoms with E-state index in [1.165, 1.54) is 0 Å². The number of hydrogen-bond acceptors (Lipinski definition) is 4. The van der Waals surface area contributed by atoms with Crippen LogP contribution in [0.5, 0.6) is 0 Å². The fourth-order valence-corrected chi connectivity index (χ4v) is 2.74. The molecule has 1 aliphatic heterocycles. The summed E-state index contributed by atoms with van der Waals surface area (Å²) < 4.78 is 2.10. The van der Waals surface area contributed by atoms with Gasteiger partial charge >= 0.3 is 0 Å². The van der Waals surface area contributed by atoms with Crippen molar-refractivity contribution in [2.24, 2.45) is 5.73 Å². The number of aromatic nitrogens is 3. The predicted octanol–water partition coefficient (Wildman–Crippen LogP) is 1.30. The van der Waals surface area contributed by atoms with Gasteiger partial charge in [0, 0.05) is 25.0 Å². The Morgan fingerprint density at radius 1 is 1.55 bits per heavy atom. The van der Waals surface area contributed by atoms with Crippen molar-refractivity contribution < 1.29 is 4.79 Å². The Morgan fingerprint density at radius 2 is 2.30 bits per heavy atom. The number of amides is 1. The van der Waals surface area contributed by atoms with Crippen molar-refractivity contribution in [1.29, 1.82) is 0 Å². The third kappa shape index (κ3) is 3.00. The molecule has 1 aromatic heterocycles. The van der Waals surface area contributed by atoms with Gasteiger partial charge in [-0.25, -0.2) is 0 Å². The van der Waals surface area contributed by atoms with Gasteiger partial charge < -0.3 is 15.2 Å². The van der Waals surface area contributed by atoms with Gasteiger partial charge in [-0.1, -0.05) is 6.92 Å². The number of carbonyl (C=O) groups excluding carboxylic acids is 1. The van der Waals surface area contributed by atoms with Crippen LogP contribution < -0.4 is 5.73 Å². The number of piperidine rings is 1. The first-order chi connectivity index (χ1) is 9.54. The van der Waals surface area contributed by atoms with E-state index in [1.54, 1.807) is 6.33 Å². The van der Waals surface area contributed by atoms with Crippen LogP contribution in [0.4, 0.5) is 0 Å². The minimum absolute atomic E-state index is 0.0628. The molecule has 0 spiro atoms. The van der Waals surface area contributed by atoms with Gasteiger partial charge in [-0.2, -0.15) is 0 Å². The summed E-state index contributed by atoms with van der Waals surface area (Å²) in [6, 6.07) is -0.0410. The molecule has 0 radical (unpaired) electrons. The average Bonchev–Trinajstić information content (AvgIpc) is 2.95. The van der Waals surface area contributed by atoms with Crippen LogP contribution in [0.15, 0.2) is 6.33 Å². The largest absolute Gasteiger partial charge is 0.341 e. The highest BCUT2D eigenvalue weighted by atomic mass is 16.2. The van der Waals surface area contributed by atoms with Crippen molar-refractivity contribution in [3.8, 4) is 0 Å². The van der Waals surface area contributed by atoms with E-state index in [0.717, 1.165) is 25.2 Å². The fraction of sp³-hybridized carbons (Fsp3) is 0.786. The number of carbonyl (C=O) groups is 1. The van der Waals surface area contributed by atoms with E-state index >= 15 is 0 Å². The molecule has 1 saturated heterocycles. The van der Waals surface area contributed by atoms with Gasteiger partial charge in [0.2, 0.25) is 5.91 Å². The summed E-state index contributed by atoms with van der Waals surface area (Å²) in [4.78, 5) is 14.1. The lowest BCUT2D eigenvalue weighted by Gasteiger charge is -2.34. The molecule has 2 N–H and O–H groups in total. The SMILES string of the molecule is CC[C@H](N)C(=O)N1CCC[C@H](c2nncn2C(C)C)C1. The van der Waals surface area contributed by atoms with E-state index in [0.29, 0.717) is 19.0 Å². The van der Waals surface area contributed by atoms with Crippen molar-refractivity contribution in [2.75, 3.05) is 13.1 Å². The maximum Gasteiger partial charge on any atom is 0.239 e. The highest BCUT2D eigenvalue weighted by Gasteiger charge is 2.29. The first-order valence-electron chi connectivity index (χ1n) is 7.48. The molecule has 112 valence electrons. The zero-order valence-corrected chi connectivity index (χ0v) is 12.6. The van der Waals surface area contributed by atoms with E-state index in [4.69, 9.17) is 5.73 Å². The molecule has 1 fully saturated rings. The molecule has 1 amide bonds. The number of nitrogens with two attached hydrogens (primary N) is 1. The molecule has 2 atom stereocenters. The molecule has 2 heterocycles. The van der Waals surface area contributed by atoms with Gasteiger partial charge in [-0.15, -0.1) is 10.2 Å². The minimum atomic E-state index is -0.378. The van der Waals surface area contributed by atoms with Gasteiger partial charge in [-0.05, 0) is 33.1 Å². The van der Waals surface area contributed by atoms with Gasteiger partial charge in [0.15, 0.2) is 0 Å². The molecule has 20 heavy (non-hydrogen) atoms. The van der Waals surface area contributed by atoms with E-state index < -0.39 is 0 Å². The monoisotopic (exact) mass is 279 g/mol. The molecule has 0 aromatic carbocycles. The lowest BCUT2D eigenvalue weighted by Crippen LogP contribution is -2.47. The molecule has 0 bridgehead atoms. The van der Waals surface area contributed by atoms with Crippen LogP contribution in [0, 0.1) is 0 Å². The quantitative estimate of drug-likeness (QED) is 0.901. The second-order valence-corrected chi connectivity index (χ2v) is 5.83. The highest BCUT2D eigenvalue weighted by molar-refractivity contribution is 5.81. The van der Waals surface area contributed by atoms with Gasteiger partial charge in [0.1, 0.15) is 12.2 Å². The van der Waals surface area contributed by atoms with Gasteiger partial charge in [0.25, 0.3) is 0 Å². The summed E-state index contributed by atoms with van der Waals surface area (Å²) in [6.45, 7) is 7.69. The van der Waals surface area contributed by atoms with Crippen molar-refractivity contribution in [3.63, 3.8) is 0 Å². The smallest absolute Gasteiger partial charge is 0.239 e. The van der Waals surface area contributed by atoms with E-state index in [2.05, 4.69) is 28.6 Å². The van der Waals surface area contributed by atoms with E-state index in [-0.39, 0.29) is 17.9 Å². The molecule has 1 aliphatic rings. The predicted molar refractivity (Wildman–Crippen MR) is 77.2 cm³/mol. The van der Waals surface area contributed by atoms with Crippen LogP contribution in [0.1, 0.15) is 57.8 Å². The standard InChI is InChI=1S/C14H25N5O/c1-4-12(15)14(20)18-7-5-6-11(8-18)13-17-16-9-19(13)10(2)3/h9-12H,4-8,15H2,1-3H3/t11-,12-/m0/s1. The Balaban J connectivity index is 2.10. The summed E-state index contributed by atoms with van der Waals surface area (Å²) in [5.74, 6) is 1.32. The fourth-order valence-electron chi connectivity index (χ4n) is 2.74. The molecule has 1 aromatic rings. The molecule has 0 unspecified atom stereocenters. The van der Waals surface area contributed by atoms with Crippen LogP contribution in [0.2, 0.25) is 0 Å². The van der Waals surface area contributed by atoms with Crippen molar-refractivity contribution in [1.82, 2.24) is 19.7 Å². The third-order valence-corrected chi connectivity index (χ3v) is 4.01. The lowest BCUT2D eigenvalue weighted by molar-refractivity contribution is -0.133. The normalized spacial score (nSPS) is 21.2. The molecule has 0 saturated carbocycles. The highest BCUT2D eigenvalue weighted by Crippen LogP contribution is 2.27. The van der Waals surface area contributed by atoms with Crippen molar-refractivity contribution >= 4 is 5.91 Å². The Kier molecular flexibility index (Phi) is 4.75. The zero-order chi connectivity index (χ0) is 14.7. The second kappa shape index (κ2) is 6.35. The topological polar surface area (TPSA) is 77.0 Å². The van der Waals surface area contributed by atoms with Crippen LogP contribution in [-0.2, 0) is 4.79 Å². The summed E-state index contributed by atoms with van der Waals surface area (Å²) >= 11 is 0. The molecular weight excluding hydrogens is 254 g/mol. The average molecular weight is 279 g/mol. The van der Waals surface area contributed by atoms with Crippen LogP contribution in [-0.4, -0.2) is 44.7 Å². The van der Waals surface area contributed by atoms with E-state index in [1.807, 2.05) is 11.8 Å². The Bertz CT molecular complexity index is 456. The molecular formula is C14H25N5O. The molecule has 0 aliphatic carbocycles. The van der Waals surface area contributed by atoms with Crippen LogP contribution in [0.3, 0.4) is 0 Å².